The number of carbonyl (C=O) groups excluding carboxylic acids is 1. The van der Waals surface area contributed by atoms with E-state index in [1.807, 2.05) is 0 Å². The number of carboxylic acids is 1. The minimum Gasteiger partial charge on any atom is -0.478 e. The maximum absolute atomic E-state index is 12.2. The van der Waals surface area contributed by atoms with E-state index >= 15 is 0 Å². The number of rotatable bonds is 5. The van der Waals surface area contributed by atoms with Crippen LogP contribution in [0.3, 0.4) is 0 Å². The zero-order valence-corrected chi connectivity index (χ0v) is 13.4. The Kier molecular flexibility index (Phi) is 5.22. The van der Waals surface area contributed by atoms with Gasteiger partial charge in [0, 0.05) is 12.5 Å². The Hall–Kier alpha value is -1.84. The molecule has 1 fully saturated rings. The Labute approximate surface area is 131 Å². The van der Waals surface area contributed by atoms with Crippen LogP contribution in [-0.4, -0.2) is 23.5 Å². The van der Waals surface area contributed by atoms with Gasteiger partial charge >= 0.3 is 5.97 Å². The third kappa shape index (κ3) is 4.58. The van der Waals surface area contributed by atoms with E-state index in [-0.39, 0.29) is 22.8 Å². The molecule has 0 spiro atoms. The van der Waals surface area contributed by atoms with Crippen LogP contribution >= 0.6 is 0 Å². The molecule has 1 saturated carbocycles. The highest BCUT2D eigenvalue weighted by Gasteiger charge is 2.31. The molecule has 1 aromatic rings. The van der Waals surface area contributed by atoms with Gasteiger partial charge in [-0.05, 0) is 48.8 Å². The van der Waals surface area contributed by atoms with Gasteiger partial charge in [-0.2, -0.15) is 0 Å². The lowest BCUT2D eigenvalue weighted by Crippen LogP contribution is -2.36. The number of amides is 1. The molecule has 4 nitrogen and oxygen atoms in total. The fraction of sp³-hybridized carbons (Fsp3) is 0.556. The second-order valence-electron chi connectivity index (χ2n) is 7.00. The monoisotopic (exact) mass is 303 g/mol. The minimum absolute atomic E-state index is 0.137. The van der Waals surface area contributed by atoms with Gasteiger partial charge in [0.2, 0.25) is 5.91 Å². The van der Waals surface area contributed by atoms with Gasteiger partial charge in [0.25, 0.3) is 0 Å². The molecule has 1 atom stereocenters. The second kappa shape index (κ2) is 6.95. The number of hydrogen-bond acceptors (Lipinski definition) is 2. The molecule has 2 N–H and O–H groups in total. The predicted octanol–water partition coefficient (Wildman–Crippen LogP) is 3.26. The Bertz CT molecular complexity index is 534. The quantitative estimate of drug-likeness (QED) is 0.877. The van der Waals surface area contributed by atoms with Crippen LogP contribution in [0.5, 0.6) is 0 Å². The standard InChI is InChI=1S/C18H25NO3/c1-18(2)10-3-4-15(12-18)16(20)19-11-9-13-5-7-14(8-6-13)17(21)22/h5-8,15H,3-4,9-12H2,1-2H3,(H,19,20)(H,21,22). The van der Waals surface area contributed by atoms with Crippen molar-refractivity contribution in [1.82, 2.24) is 5.32 Å². The first-order chi connectivity index (χ1) is 10.4. The summed E-state index contributed by atoms with van der Waals surface area (Å²) < 4.78 is 0. The number of carbonyl (C=O) groups is 2. The van der Waals surface area contributed by atoms with Crippen LogP contribution in [0.4, 0.5) is 0 Å². The molecule has 1 aliphatic carbocycles. The summed E-state index contributed by atoms with van der Waals surface area (Å²) in [5, 5.41) is 11.9. The molecule has 120 valence electrons. The van der Waals surface area contributed by atoms with Crippen molar-refractivity contribution in [2.75, 3.05) is 6.54 Å². The summed E-state index contributed by atoms with van der Waals surface area (Å²) in [7, 11) is 0. The van der Waals surface area contributed by atoms with Crippen molar-refractivity contribution in [3.63, 3.8) is 0 Å². The Morgan fingerprint density at radius 3 is 2.55 bits per heavy atom. The highest BCUT2D eigenvalue weighted by atomic mass is 16.4. The summed E-state index contributed by atoms with van der Waals surface area (Å²) in [5.41, 5.74) is 1.60. The van der Waals surface area contributed by atoms with Crippen molar-refractivity contribution in [1.29, 1.82) is 0 Å². The van der Waals surface area contributed by atoms with Crippen molar-refractivity contribution in [2.45, 2.75) is 46.0 Å². The summed E-state index contributed by atoms with van der Waals surface area (Å²) in [6.45, 7) is 5.06. The molecule has 22 heavy (non-hydrogen) atoms. The van der Waals surface area contributed by atoms with Crippen LogP contribution in [-0.2, 0) is 11.2 Å². The molecule has 0 saturated heterocycles. The molecule has 1 aromatic carbocycles. The van der Waals surface area contributed by atoms with E-state index in [0.717, 1.165) is 31.2 Å². The normalized spacial score (nSPS) is 20.4. The SMILES string of the molecule is CC1(C)CCCC(C(=O)NCCc2ccc(C(=O)O)cc2)C1. The Morgan fingerprint density at radius 2 is 1.95 bits per heavy atom. The summed E-state index contributed by atoms with van der Waals surface area (Å²) >= 11 is 0. The molecular weight excluding hydrogens is 278 g/mol. The molecule has 2 rings (SSSR count). The van der Waals surface area contributed by atoms with E-state index < -0.39 is 5.97 Å². The average Bonchev–Trinajstić information content (AvgIpc) is 2.46. The van der Waals surface area contributed by atoms with Crippen LogP contribution < -0.4 is 5.32 Å². The highest BCUT2D eigenvalue weighted by molar-refractivity contribution is 5.87. The lowest BCUT2D eigenvalue weighted by Gasteiger charge is -2.34. The molecule has 0 heterocycles. The van der Waals surface area contributed by atoms with Gasteiger partial charge in [-0.3, -0.25) is 4.79 Å². The molecule has 1 unspecified atom stereocenters. The van der Waals surface area contributed by atoms with Gasteiger partial charge in [0.05, 0.1) is 5.56 Å². The third-order valence-corrected chi connectivity index (χ3v) is 4.49. The zero-order chi connectivity index (χ0) is 16.2. The number of benzene rings is 1. The van der Waals surface area contributed by atoms with E-state index in [1.54, 1.807) is 24.3 Å². The summed E-state index contributed by atoms with van der Waals surface area (Å²) in [6.07, 6.45) is 5.00. The van der Waals surface area contributed by atoms with Crippen LogP contribution in [0.15, 0.2) is 24.3 Å². The van der Waals surface area contributed by atoms with Gasteiger partial charge in [-0.15, -0.1) is 0 Å². The highest BCUT2D eigenvalue weighted by Crippen LogP contribution is 2.38. The van der Waals surface area contributed by atoms with Crippen molar-refractivity contribution < 1.29 is 14.7 Å². The van der Waals surface area contributed by atoms with E-state index in [4.69, 9.17) is 5.11 Å². The van der Waals surface area contributed by atoms with Gasteiger partial charge in [0.15, 0.2) is 0 Å². The zero-order valence-electron chi connectivity index (χ0n) is 13.4. The lowest BCUT2D eigenvalue weighted by molar-refractivity contribution is -0.127. The Balaban J connectivity index is 1.78. The second-order valence-corrected chi connectivity index (χ2v) is 7.00. The fourth-order valence-corrected chi connectivity index (χ4v) is 3.21. The first-order valence-electron chi connectivity index (χ1n) is 7.97. The van der Waals surface area contributed by atoms with E-state index in [1.165, 1.54) is 6.42 Å². The smallest absolute Gasteiger partial charge is 0.335 e. The molecule has 0 aliphatic heterocycles. The minimum atomic E-state index is -0.917. The number of carboxylic acid groups (broad SMARTS) is 1. The van der Waals surface area contributed by atoms with E-state index in [0.29, 0.717) is 6.54 Å². The lowest BCUT2D eigenvalue weighted by atomic mass is 9.72. The molecule has 1 aliphatic rings. The van der Waals surface area contributed by atoms with Crippen molar-refractivity contribution in [3.8, 4) is 0 Å². The van der Waals surface area contributed by atoms with Crippen molar-refractivity contribution >= 4 is 11.9 Å². The van der Waals surface area contributed by atoms with Crippen LogP contribution in [0, 0.1) is 11.3 Å². The predicted molar refractivity (Wildman–Crippen MR) is 85.9 cm³/mol. The molecule has 0 bridgehead atoms. The molecule has 0 radical (unpaired) electrons. The average molecular weight is 303 g/mol. The topological polar surface area (TPSA) is 66.4 Å². The molecular formula is C18H25NO3. The molecule has 1 amide bonds. The van der Waals surface area contributed by atoms with Crippen molar-refractivity contribution in [3.05, 3.63) is 35.4 Å². The van der Waals surface area contributed by atoms with Crippen LogP contribution in [0.1, 0.15) is 55.5 Å². The Morgan fingerprint density at radius 1 is 1.27 bits per heavy atom. The third-order valence-electron chi connectivity index (χ3n) is 4.49. The number of hydrogen-bond donors (Lipinski definition) is 2. The molecule has 4 heteroatoms. The first kappa shape index (κ1) is 16.5. The maximum Gasteiger partial charge on any atom is 0.335 e. The van der Waals surface area contributed by atoms with Gasteiger partial charge in [-0.1, -0.05) is 32.4 Å². The van der Waals surface area contributed by atoms with E-state index in [9.17, 15) is 9.59 Å². The summed E-state index contributed by atoms with van der Waals surface area (Å²) in [4.78, 5) is 23.0. The number of aromatic carboxylic acids is 1. The summed E-state index contributed by atoms with van der Waals surface area (Å²) in [5.74, 6) is -0.618. The number of nitrogens with one attached hydrogen (secondary N) is 1. The van der Waals surface area contributed by atoms with Crippen LogP contribution in [0.2, 0.25) is 0 Å². The van der Waals surface area contributed by atoms with Gasteiger partial charge in [0.1, 0.15) is 0 Å². The maximum atomic E-state index is 12.2. The summed E-state index contributed by atoms with van der Waals surface area (Å²) in [6, 6.07) is 6.81. The van der Waals surface area contributed by atoms with E-state index in [2.05, 4.69) is 19.2 Å². The van der Waals surface area contributed by atoms with Gasteiger partial charge in [-0.25, -0.2) is 4.79 Å². The fourth-order valence-electron chi connectivity index (χ4n) is 3.21. The first-order valence-corrected chi connectivity index (χ1v) is 7.97. The van der Waals surface area contributed by atoms with Gasteiger partial charge < -0.3 is 10.4 Å². The largest absolute Gasteiger partial charge is 0.478 e. The molecule has 0 aromatic heterocycles. The van der Waals surface area contributed by atoms with Crippen LogP contribution in [0.25, 0.3) is 0 Å². The van der Waals surface area contributed by atoms with Crippen molar-refractivity contribution in [2.24, 2.45) is 11.3 Å².